The average Bonchev–Trinajstić information content (AvgIpc) is 3.05. The number of rotatable bonds is 3. The number of carbonyl (C=O) groups excluding carboxylic acids is 1. The largest absolute Gasteiger partial charge is 0.392 e. The summed E-state index contributed by atoms with van der Waals surface area (Å²) in [6, 6.07) is 7.62. The molecule has 0 saturated heterocycles. The summed E-state index contributed by atoms with van der Waals surface area (Å²) < 4.78 is 0. The van der Waals surface area contributed by atoms with Crippen molar-refractivity contribution in [2.75, 3.05) is 5.32 Å². The first-order valence-corrected chi connectivity index (χ1v) is 7.09. The number of nitrogens with two attached hydrogens (primary N) is 1. The van der Waals surface area contributed by atoms with E-state index < -0.39 is 5.41 Å². The summed E-state index contributed by atoms with van der Waals surface area (Å²) in [4.78, 5) is 20.2. The number of fused-ring (bicyclic) bond motifs is 1. The Hall–Kier alpha value is -1.95. The molecule has 1 aliphatic rings. The normalized spacial score (nSPS) is 17.2. The molecule has 0 aliphatic heterocycles. The van der Waals surface area contributed by atoms with Crippen LogP contribution in [0.2, 0.25) is 0 Å². The summed E-state index contributed by atoms with van der Waals surface area (Å²) >= 11 is 5.11. The summed E-state index contributed by atoms with van der Waals surface area (Å²) in [5.41, 5.74) is 6.79. The quantitative estimate of drug-likeness (QED) is 0.757. The highest BCUT2D eigenvalue weighted by atomic mass is 32.1. The van der Waals surface area contributed by atoms with Gasteiger partial charge in [-0.3, -0.25) is 10.1 Å². The molecule has 1 heterocycles. The maximum atomic E-state index is 12.5. The van der Waals surface area contributed by atoms with Crippen LogP contribution in [0.3, 0.4) is 0 Å². The summed E-state index contributed by atoms with van der Waals surface area (Å²) in [6.07, 6.45) is 3.39. The highest BCUT2D eigenvalue weighted by Gasteiger charge is 2.44. The second-order valence-corrected chi connectivity index (χ2v) is 5.65. The molecular formula is C14H16N4OS. The molecule has 1 saturated carbocycles. The minimum Gasteiger partial charge on any atom is -0.392 e. The Balaban J connectivity index is 1.86. The molecule has 0 atom stereocenters. The molecule has 1 aromatic heterocycles. The number of nitrogens with one attached hydrogen (secondary N) is 2. The van der Waals surface area contributed by atoms with Crippen molar-refractivity contribution in [3.05, 3.63) is 24.3 Å². The predicted molar refractivity (Wildman–Crippen MR) is 82.4 cm³/mol. The lowest BCUT2D eigenvalue weighted by Crippen LogP contribution is -2.44. The zero-order chi connectivity index (χ0) is 14.2. The van der Waals surface area contributed by atoms with E-state index in [1.165, 1.54) is 0 Å². The Morgan fingerprint density at radius 1 is 1.35 bits per heavy atom. The van der Waals surface area contributed by atoms with Gasteiger partial charge in [0.1, 0.15) is 0 Å². The number of thiocarbonyl (C=S) groups is 1. The van der Waals surface area contributed by atoms with Crippen LogP contribution < -0.4 is 11.1 Å². The van der Waals surface area contributed by atoms with E-state index in [0.29, 0.717) is 18.8 Å². The van der Waals surface area contributed by atoms with Crippen LogP contribution in [0.1, 0.15) is 25.7 Å². The summed E-state index contributed by atoms with van der Waals surface area (Å²) in [5, 5.41) is 2.82. The van der Waals surface area contributed by atoms with E-state index in [1.54, 1.807) is 0 Å². The topological polar surface area (TPSA) is 83.8 Å². The van der Waals surface area contributed by atoms with Gasteiger partial charge in [-0.05, 0) is 25.0 Å². The monoisotopic (exact) mass is 288 g/mol. The molecule has 0 radical (unpaired) electrons. The van der Waals surface area contributed by atoms with Crippen LogP contribution in [0.4, 0.5) is 5.95 Å². The zero-order valence-corrected chi connectivity index (χ0v) is 11.8. The highest BCUT2D eigenvalue weighted by Crippen LogP contribution is 2.39. The van der Waals surface area contributed by atoms with Crippen molar-refractivity contribution < 1.29 is 4.79 Å². The lowest BCUT2D eigenvalue weighted by molar-refractivity contribution is -0.122. The van der Waals surface area contributed by atoms with E-state index in [4.69, 9.17) is 18.0 Å². The van der Waals surface area contributed by atoms with E-state index >= 15 is 0 Å². The fraction of sp³-hybridized carbons (Fsp3) is 0.357. The molecule has 20 heavy (non-hydrogen) atoms. The van der Waals surface area contributed by atoms with Crippen LogP contribution in [-0.4, -0.2) is 20.9 Å². The Morgan fingerprint density at radius 2 is 2.05 bits per heavy atom. The summed E-state index contributed by atoms with van der Waals surface area (Å²) in [6.45, 7) is 0. The molecule has 2 aromatic rings. The number of amides is 1. The smallest absolute Gasteiger partial charge is 0.239 e. The van der Waals surface area contributed by atoms with Gasteiger partial charge in [-0.2, -0.15) is 0 Å². The molecule has 1 aliphatic carbocycles. The number of carbonyl (C=O) groups is 1. The van der Waals surface area contributed by atoms with Crippen molar-refractivity contribution in [3.8, 4) is 0 Å². The Morgan fingerprint density at radius 3 is 2.70 bits per heavy atom. The molecule has 104 valence electrons. The van der Waals surface area contributed by atoms with Gasteiger partial charge < -0.3 is 10.7 Å². The molecule has 3 rings (SSSR count). The number of aromatic amines is 1. The second kappa shape index (κ2) is 4.86. The molecule has 0 unspecified atom stereocenters. The number of benzene rings is 1. The van der Waals surface area contributed by atoms with Crippen LogP contribution in [-0.2, 0) is 4.79 Å². The number of hydrogen-bond donors (Lipinski definition) is 3. The molecule has 5 nitrogen and oxygen atoms in total. The lowest BCUT2D eigenvalue weighted by Gasteiger charge is -2.25. The van der Waals surface area contributed by atoms with Gasteiger partial charge in [-0.25, -0.2) is 4.98 Å². The summed E-state index contributed by atoms with van der Waals surface area (Å²) in [5.74, 6) is 0.292. The van der Waals surface area contributed by atoms with Crippen molar-refractivity contribution in [2.24, 2.45) is 11.1 Å². The van der Waals surface area contributed by atoms with Crippen molar-refractivity contribution in [2.45, 2.75) is 25.7 Å². The maximum Gasteiger partial charge on any atom is 0.239 e. The van der Waals surface area contributed by atoms with E-state index in [-0.39, 0.29) is 10.9 Å². The third kappa shape index (κ3) is 2.06. The fourth-order valence-electron chi connectivity index (χ4n) is 2.80. The number of nitrogens with zero attached hydrogens (tertiary/aromatic N) is 1. The van der Waals surface area contributed by atoms with Crippen molar-refractivity contribution in [1.29, 1.82) is 0 Å². The molecule has 0 spiro atoms. The number of aromatic nitrogens is 2. The standard InChI is InChI=1S/C14H16N4OS/c15-11(20)14(7-3-4-8-14)12(19)18-13-16-9-5-1-2-6-10(9)17-13/h1-2,5-6H,3-4,7-8H2,(H2,15,20)(H2,16,17,18,19). The molecule has 4 N–H and O–H groups in total. The fourth-order valence-corrected chi connectivity index (χ4v) is 3.10. The molecule has 0 bridgehead atoms. The Labute approximate surface area is 122 Å². The molecule has 1 aromatic carbocycles. The number of H-pyrrole nitrogens is 1. The van der Waals surface area contributed by atoms with Crippen LogP contribution in [0.5, 0.6) is 0 Å². The lowest BCUT2D eigenvalue weighted by atomic mass is 9.85. The number of imidazole rings is 1. The molecule has 1 amide bonds. The second-order valence-electron chi connectivity index (χ2n) is 5.21. The highest BCUT2D eigenvalue weighted by molar-refractivity contribution is 7.80. The van der Waals surface area contributed by atoms with E-state index in [9.17, 15) is 4.79 Å². The first-order valence-electron chi connectivity index (χ1n) is 6.68. The van der Waals surface area contributed by atoms with Gasteiger partial charge in [-0.15, -0.1) is 0 Å². The van der Waals surface area contributed by atoms with Gasteiger partial charge >= 0.3 is 0 Å². The van der Waals surface area contributed by atoms with E-state index in [2.05, 4.69) is 15.3 Å². The van der Waals surface area contributed by atoms with Gasteiger partial charge in [-0.1, -0.05) is 37.2 Å². The Kier molecular flexibility index (Phi) is 3.17. The van der Waals surface area contributed by atoms with Crippen molar-refractivity contribution >= 4 is 40.1 Å². The van der Waals surface area contributed by atoms with Crippen LogP contribution in [0.25, 0.3) is 11.0 Å². The Bertz CT molecular complexity index is 640. The number of para-hydroxylation sites is 2. The molecule has 6 heteroatoms. The van der Waals surface area contributed by atoms with Crippen molar-refractivity contribution in [1.82, 2.24) is 9.97 Å². The molecule has 1 fully saturated rings. The van der Waals surface area contributed by atoms with Gasteiger partial charge in [0.2, 0.25) is 11.9 Å². The van der Waals surface area contributed by atoms with Crippen LogP contribution >= 0.6 is 12.2 Å². The minimum atomic E-state index is -0.714. The van der Waals surface area contributed by atoms with Gasteiger partial charge in [0, 0.05) is 0 Å². The van der Waals surface area contributed by atoms with Crippen LogP contribution in [0.15, 0.2) is 24.3 Å². The van der Waals surface area contributed by atoms with Gasteiger partial charge in [0.15, 0.2) is 0 Å². The SMILES string of the molecule is NC(=S)C1(C(=O)Nc2nc3ccccc3[nH]2)CCCC1. The minimum absolute atomic E-state index is 0.151. The van der Waals surface area contributed by atoms with E-state index in [1.807, 2.05) is 24.3 Å². The predicted octanol–water partition coefficient (Wildman–Crippen LogP) is 2.35. The third-order valence-corrected chi connectivity index (χ3v) is 4.38. The summed E-state index contributed by atoms with van der Waals surface area (Å²) in [7, 11) is 0. The number of hydrogen-bond acceptors (Lipinski definition) is 3. The first-order chi connectivity index (χ1) is 9.62. The molecular weight excluding hydrogens is 272 g/mol. The third-order valence-electron chi connectivity index (χ3n) is 3.98. The van der Waals surface area contributed by atoms with E-state index in [0.717, 1.165) is 23.9 Å². The maximum absolute atomic E-state index is 12.5. The zero-order valence-electron chi connectivity index (χ0n) is 11.0. The van der Waals surface area contributed by atoms with Crippen molar-refractivity contribution in [3.63, 3.8) is 0 Å². The number of anilines is 1. The van der Waals surface area contributed by atoms with Gasteiger partial charge in [0.05, 0.1) is 21.4 Å². The van der Waals surface area contributed by atoms with Crippen LogP contribution in [0, 0.1) is 5.41 Å². The van der Waals surface area contributed by atoms with Gasteiger partial charge in [0.25, 0.3) is 0 Å². The average molecular weight is 288 g/mol. The first kappa shape index (κ1) is 13.1.